The molecule has 2 aliphatic rings. The van der Waals surface area contributed by atoms with E-state index in [1.165, 1.54) is 38.0 Å². The molecule has 18 heavy (non-hydrogen) atoms. The van der Waals surface area contributed by atoms with Gasteiger partial charge >= 0.3 is 0 Å². The lowest BCUT2D eigenvalue weighted by Crippen LogP contribution is -2.44. The van der Waals surface area contributed by atoms with Crippen molar-refractivity contribution in [2.24, 2.45) is 0 Å². The molecule has 2 aliphatic heterocycles. The zero-order valence-corrected chi connectivity index (χ0v) is 11.5. The minimum atomic E-state index is 0.519. The van der Waals surface area contributed by atoms with Crippen LogP contribution in [0.3, 0.4) is 0 Å². The molecule has 0 aliphatic carbocycles. The first-order valence-electron chi connectivity index (χ1n) is 7.33. The van der Waals surface area contributed by atoms with Gasteiger partial charge < -0.3 is 10.2 Å². The number of hydrogen-bond acceptors (Lipinski definition) is 2. The second-order valence-electron chi connectivity index (χ2n) is 5.93. The van der Waals surface area contributed by atoms with Gasteiger partial charge in [-0.3, -0.25) is 0 Å². The van der Waals surface area contributed by atoms with E-state index in [1.54, 1.807) is 5.56 Å². The van der Waals surface area contributed by atoms with Gasteiger partial charge in [-0.05, 0) is 49.9 Å². The van der Waals surface area contributed by atoms with Crippen molar-refractivity contribution in [1.29, 1.82) is 0 Å². The van der Waals surface area contributed by atoms with Gasteiger partial charge in [0.15, 0.2) is 0 Å². The summed E-state index contributed by atoms with van der Waals surface area (Å²) < 4.78 is 0. The van der Waals surface area contributed by atoms with Crippen molar-refractivity contribution < 1.29 is 0 Å². The Kier molecular flexibility index (Phi) is 3.40. The molecule has 0 aromatic heterocycles. The quantitative estimate of drug-likeness (QED) is 0.860. The highest BCUT2D eigenvalue weighted by molar-refractivity contribution is 5.36. The summed E-state index contributed by atoms with van der Waals surface area (Å²) in [6.45, 7) is 8.39. The molecule has 98 valence electrons. The molecule has 1 aromatic carbocycles. The van der Waals surface area contributed by atoms with Crippen LogP contribution in [-0.4, -0.2) is 30.6 Å². The molecule has 2 nitrogen and oxygen atoms in total. The molecule has 1 fully saturated rings. The second-order valence-corrected chi connectivity index (χ2v) is 5.93. The van der Waals surface area contributed by atoms with E-state index < -0.39 is 0 Å². The van der Waals surface area contributed by atoms with E-state index >= 15 is 0 Å². The normalized spacial score (nSPS) is 32.4. The van der Waals surface area contributed by atoms with Crippen LogP contribution in [0.25, 0.3) is 0 Å². The van der Waals surface area contributed by atoms with Gasteiger partial charge in [-0.15, -0.1) is 0 Å². The molecular formula is C16H24N2. The van der Waals surface area contributed by atoms with Crippen molar-refractivity contribution in [3.05, 3.63) is 35.4 Å². The predicted octanol–water partition coefficient (Wildman–Crippen LogP) is 2.92. The number of nitrogens with zero attached hydrogens (tertiary/aromatic N) is 1. The molecule has 0 spiro atoms. The van der Waals surface area contributed by atoms with Crippen LogP contribution in [0.1, 0.15) is 49.8 Å². The van der Waals surface area contributed by atoms with E-state index in [0.29, 0.717) is 18.0 Å². The van der Waals surface area contributed by atoms with E-state index in [0.717, 1.165) is 0 Å². The molecule has 2 heteroatoms. The highest BCUT2D eigenvalue weighted by Gasteiger charge is 2.30. The van der Waals surface area contributed by atoms with Crippen LogP contribution < -0.4 is 5.32 Å². The lowest BCUT2D eigenvalue weighted by Gasteiger charge is -2.37. The zero-order chi connectivity index (χ0) is 12.5. The Hall–Kier alpha value is -0.860. The van der Waals surface area contributed by atoms with Crippen LogP contribution in [-0.2, 0) is 0 Å². The molecule has 2 heterocycles. The molecule has 3 rings (SSSR count). The minimum Gasteiger partial charge on any atom is -0.306 e. The Morgan fingerprint density at radius 1 is 1.11 bits per heavy atom. The molecule has 1 aromatic rings. The fourth-order valence-corrected chi connectivity index (χ4v) is 3.44. The van der Waals surface area contributed by atoms with Gasteiger partial charge in [0.1, 0.15) is 0 Å². The summed E-state index contributed by atoms with van der Waals surface area (Å²) in [6.07, 6.45) is 2.75. The van der Waals surface area contributed by atoms with Crippen LogP contribution in [0.15, 0.2) is 24.3 Å². The van der Waals surface area contributed by atoms with Crippen LogP contribution in [0.5, 0.6) is 0 Å². The van der Waals surface area contributed by atoms with E-state index in [2.05, 4.69) is 48.3 Å². The number of rotatable bonds is 2. The predicted molar refractivity (Wildman–Crippen MR) is 75.9 cm³/mol. The molecule has 0 amide bonds. The monoisotopic (exact) mass is 244 g/mol. The van der Waals surface area contributed by atoms with Crippen molar-refractivity contribution in [3.8, 4) is 0 Å². The first kappa shape index (κ1) is 12.2. The van der Waals surface area contributed by atoms with Gasteiger partial charge in [0, 0.05) is 18.6 Å². The van der Waals surface area contributed by atoms with Crippen LogP contribution >= 0.6 is 0 Å². The molecule has 3 unspecified atom stereocenters. The molecule has 0 radical (unpaired) electrons. The largest absolute Gasteiger partial charge is 0.306 e. The second kappa shape index (κ2) is 5.02. The van der Waals surface area contributed by atoms with E-state index in [-0.39, 0.29) is 0 Å². The molecule has 0 saturated carbocycles. The standard InChI is InChI=1S/C16H24N2/c1-12-13(2)17-16(11-18-9-5-6-10-18)15-8-4-3-7-14(12)15/h3-4,7-8,12-13,16-17H,5-6,9-11H2,1-2H3. The summed E-state index contributed by atoms with van der Waals surface area (Å²) in [5.74, 6) is 0.621. The topological polar surface area (TPSA) is 15.3 Å². The van der Waals surface area contributed by atoms with Crippen LogP contribution in [0, 0.1) is 0 Å². The van der Waals surface area contributed by atoms with Crippen LogP contribution in [0.4, 0.5) is 0 Å². The highest BCUT2D eigenvalue weighted by Crippen LogP contribution is 2.33. The average molecular weight is 244 g/mol. The number of hydrogen-bond donors (Lipinski definition) is 1. The Morgan fingerprint density at radius 3 is 2.50 bits per heavy atom. The maximum Gasteiger partial charge on any atom is 0.0454 e. The number of nitrogens with one attached hydrogen (secondary N) is 1. The van der Waals surface area contributed by atoms with Gasteiger partial charge in [-0.1, -0.05) is 31.2 Å². The van der Waals surface area contributed by atoms with Crippen molar-refractivity contribution in [1.82, 2.24) is 10.2 Å². The summed E-state index contributed by atoms with van der Waals surface area (Å²) in [4.78, 5) is 2.61. The lowest BCUT2D eigenvalue weighted by atomic mass is 9.83. The summed E-state index contributed by atoms with van der Waals surface area (Å²) >= 11 is 0. The van der Waals surface area contributed by atoms with Crippen molar-refractivity contribution in [2.45, 2.75) is 44.7 Å². The molecule has 0 bridgehead atoms. The van der Waals surface area contributed by atoms with E-state index in [9.17, 15) is 0 Å². The third-order valence-electron chi connectivity index (χ3n) is 4.72. The molecular weight excluding hydrogens is 220 g/mol. The third kappa shape index (κ3) is 2.19. The van der Waals surface area contributed by atoms with Crippen molar-refractivity contribution in [2.75, 3.05) is 19.6 Å². The lowest BCUT2D eigenvalue weighted by molar-refractivity contribution is 0.263. The van der Waals surface area contributed by atoms with Gasteiger partial charge in [0.25, 0.3) is 0 Å². The fraction of sp³-hybridized carbons (Fsp3) is 0.625. The zero-order valence-electron chi connectivity index (χ0n) is 11.5. The average Bonchev–Trinajstić information content (AvgIpc) is 2.89. The maximum atomic E-state index is 3.81. The number of fused-ring (bicyclic) bond motifs is 1. The Morgan fingerprint density at radius 2 is 1.78 bits per heavy atom. The van der Waals surface area contributed by atoms with E-state index in [1.807, 2.05) is 0 Å². The first-order valence-corrected chi connectivity index (χ1v) is 7.33. The third-order valence-corrected chi connectivity index (χ3v) is 4.72. The minimum absolute atomic E-state index is 0.519. The summed E-state index contributed by atoms with van der Waals surface area (Å²) in [7, 11) is 0. The Labute approximate surface area is 110 Å². The van der Waals surface area contributed by atoms with E-state index in [4.69, 9.17) is 0 Å². The Bertz CT molecular complexity index is 409. The van der Waals surface area contributed by atoms with Gasteiger partial charge in [0.05, 0.1) is 0 Å². The first-order chi connectivity index (χ1) is 8.75. The summed E-state index contributed by atoms with van der Waals surface area (Å²) in [5.41, 5.74) is 3.07. The number of likely N-dealkylation sites (tertiary alicyclic amines) is 1. The maximum absolute atomic E-state index is 3.81. The summed E-state index contributed by atoms with van der Waals surface area (Å²) in [5, 5.41) is 3.81. The summed E-state index contributed by atoms with van der Waals surface area (Å²) in [6, 6.07) is 10.1. The highest BCUT2D eigenvalue weighted by atomic mass is 15.2. The smallest absolute Gasteiger partial charge is 0.0454 e. The van der Waals surface area contributed by atoms with Gasteiger partial charge in [0.2, 0.25) is 0 Å². The fourth-order valence-electron chi connectivity index (χ4n) is 3.44. The van der Waals surface area contributed by atoms with Gasteiger partial charge in [-0.25, -0.2) is 0 Å². The van der Waals surface area contributed by atoms with Crippen molar-refractivity contribution in [3.63, 3.8) is 0 Å². The SMILES string of the molecule is CC1NC(CN2CCCC2)c2ccccc2C1C. The molecule has 1 saturated heterocycles. The van der Waals surface area contributed by atoms with Gasteiger partial charge in [-0.2, -0.15) is 0 Å². The number of benzene rings is 1. The van der Waals surface area contributed by atoms with Crippen LogP contribution in [0.2, 0.25) is 0 Å². The Balaban J connectivity index is 1.84. The molecule has 1 N–H and O–H groups in total. The van der Waals surface area contributed by atoms with Crippen molar-refractivity contribution >= 4 is 0 Å². The molecule has 3 atom stereocenters.